The third kappa shape index (κ3) is 2.10. The molecule has 2 aromatic rings. The van der Waals surface area contributed by atoms with E-state index in [1.165, 1.54) is 11.3 Å². The van der Waals surface area contributed by atoms with Crippen LogP contribution in [0.2, 0.25) is 0 Å². The number of carbonyl (C=O) groups excluding carboxylic acids is 2. The Kier molecular flexibility index (Phi) is 3.08. The maximum Gasteiger partial charge on any atom is 0.254 e. The lowest BCUT2D eigenvalue weighted by Crippen LogP contribution is -2.35. The Hall–Kier alpha value is -1.66. The highest BCUT2D eigenvalue weighted by Crippen LogP contribution is 2.36. The molecule has 2 aromatic heterocycles. The largest absolute Gasteiger partial charge is 0.337 e. The van der Waals surface area contributed by atoms with Gasteiger partial charge in [0, 0.05) is 36.3 Å². The number of fused-ring (bicyclic) bond motifs is 1. The van der Waals surface area contributed by atoms with Crippen LogP contribution in [0.25, 0.3) is 0 Å². The predicted molar refractivity (Wildman–Crippen MR) is 83.9 cm³/mol. The number of hydrogen-bond donors (Lipinski definition) is 0. The first-order valence-electron chi connectivity index (χ1n) is 6.89. The van der Waals surface area contributed by atoms with E-state index in [2.05, 4.69) is 0 Å². The smallest absolute Gasteiger partial charge is 0.254 e. The Balaban J connectivity index is 1.50. The van der Waals surface area contributed by atoms with Gasteiger partial charge in [-0.1, -0.05) is 0 Å². The second kappa shape index (κ2) is 4.96. The van der Waals surface area contributed by atoms with Gasteiger partial charge in [-0.05, 0) is 22.9 Å². The first-order valence-corrected chi connectivity index (χ1v) is 8.77. The van der Waals surface area contributed by atoms with Crippen molar-refractivity contribution in [2.24, 2.45) is 11.8 Å². The second-order valence-corrected chi connectivity index (χ2v) is 7.08. The summed E-state index contributed by atoms with van der Waals surface area (Å²) in [6.45, 7) is 1.97. The monoisotopic (exact) mass is 318 g/mol. The molecule has 21 heavy (non-hydrogen) atoms. The summed E-state index contributed by atoms with van der Waals surface area (Å²) in [6, 6.07) is 3.83. The number of hydrogen-bond acceptors (Lipinski definition) is 4. The SMILES string of the molecule is O=C(c1ccsc1)N1C[C@@H]2CN(c3ccsc3)C(=O)[C@@H]2C1. The van der Waals surface area contributed by atoms with Crippen molar-refractivity contribution in [3.63, 3.8) is 0 Å². The van der Waals surface area contributed by atoms with Gasteiger partial charge in [0.2, 0.25) is 5.91 Å². The van der Waals surface area contributed by atoms with Gasteiger partial charge in [-0.15, -0.1) is 0 Å². The zero-order chi connectivity index (χ0) is 14.4. The molecule has 4 rings (SSSR count). The summed E-state index contributed by atoms with van der Waals surface area (Å²) in [7, 11) is 0. The van der Waals surface area contributed by atoms with Gasteiger partial charge in [0.1, 0.15) is 0 Å². The number of rotatable bonds is 2. The molecule has 4 nitrogen and oxygen atoms in total. The highest BCUT2D eigenvalue weighted by atomic mass is 32.1. The van der Waals surface area contributed by atoms with Gasteiger partial charge >= 0.3 is 0 Å². The Morgan fingerprint density at radius 1 is 1.10 bits per heavy atom. The average Bonchev–Trinajstić information content (AvgIpc) is 3.25. The first-order chi connectivity index (χ1) is 10.2. The van der Waals surface area contributed by atoms with Crippen molar-refractivity contribution in [3.05, 3.63) is 39.2 Å². The Labute approximate surface area is 130 Å². The molecule has 0 radical (unpaired) electrons. The van der Waals surface area contributed by atoms with E-state index in [-0.39, 0.29) is 23.7 Å². The summed E-state index contributed by atoms with van der Waals surface area (Å²) in [5.41, 5.74) is 1.73. The summed E-state index contributed by atoms with van der Waals surface area (Å²) in [5, 5.41) is 7.78. The van der Waals surface area contributed by atoms with Crippen LogP contribution in [-0.2, 0) is 4.79 Å². The van der Waals surface area contributed by atoms with E-state index in [4.69, 9.17) is 0 Å². The van der Waals surface area contributed by atoms with Crippen molar-refractivity contribution in [2.45, 2.75) is 0 Å². The van der Waals surface area contributed by atoms with E-state index in [9.17, 15) is 9.59 Å². The summed E-state index contributed by atoms with van der Waals surface area (Å²) in [4.78, 5) is 28.6. The number of thiophene rings is 2. The molecule has 108 valence electrons. The minimum absolute atomic E-state index is 0.0347. The molecule has 0 aliphatic carbocycles. The number of likely N-dealkylation sites (tertiary alicyclic amines) is 1. The van der Waals surface area contributed by atoms with Crippen molar-refractivity contribution < 1.29 is 9.59 Å². The third-order valence-electron chi connectivity index (χ3n) is 4.31. The van der Waals surface area contributed by atoms with E-state index in [0.717, 1.165) is 17.8 Å². The lowest BCUT2D eigenvalue weighted by Gasteiger charge is -2.20. The fourth-order valence-corrected chi connectivity index (χ4v) is 4.51. The van der Waals surface area contributed by atoms with Crippen molar-refractivity contribution in [2.75, 3.05) is 24.5 Å². The zero-order valence-electron chi connectivity index (χ0n) is 11.3. The van der Waals surface area contributed by atoms with Crippen LogP contribution in [0, 0.1) is 11.8 Å². The molecule has 4 heterocycles. The summed E-state index contributed by atoms with van der Waals surface area (Å²) < 4.78 is 0. The fraction of sp³-hybridized carbons (Fsp3) is 0.333. The molecule has 6 heteroatoms. The topological polar surface area (TPSA) is 40.6 Å². The van der Waals surface area contributed by atoms with Crippen LogP contribution in [-0.4, -0.2) is 36.3 Å². The first kappa shape index (κ1) is 13.0. The molecule has 2 aliphatic heterocycles. The van der Waals surface area contributed by atoms with Crippen LogP contribution in [0.4, 0.5) is 5.69 Å². The van der Waals surface area contributed by atoms with Crippen molar-refractivity contribution in [3.8, 4) is 0 Å². The van der Waals surface area contributed by atoms with Crippen LogP contribution < -0.4 is 4.90 Å². The summed E-state index contributed by atoms with van der Waals surface area (Å²) >= 11 is 3.13. The van der Waals surface area contributed by atoms with Crippen molar-refractivity contribution in [1.29, 1.82) is 0 Å². The zero-order valence-corrected chi connectivity index (χ0v) is 12.9. The van der Waals surface area contributed by atoms with E-state index < -0.39 is 0 Å². The molecule has 0 spiro atoms. The van der Waals surface area contributed by atoms with E-state index in [1.54, 1.807) is 11.3 Å². The molecule has 0 bridgehead atoms. The van der Waals surface area contributed by atoms with Gasteiger partial charge in [-0.3, -0.25) is 9.59 Å². The van der Waals surface area contributed by atoms with E-state index in [1.807, 2.05) is 43.5 Å². The molecule has 2 aliphatic rings. The van der Waals surface area contributed by atoms with Gasteiger partial charge in [0.15, 0.2) is 0 Å². The maximum absolute atomic E-state index is 12.5. The standard InChI is InChI=1S/C15H14N2O2S2/c18-14(10-1-3-20-8-10)16-5-11-6-17(12-2-4-21-9-12)15(19)13(11)7-16/h1-4,8-9,11,13H,5-7H2/t11-,13-/m1/s1. The second-order valence-electron chi connectivity index (χ2n) is 5.52. The van der Waals surface area contributed by atoms with Gasteiger partial charge < -0.3 is 9.80 Å². The molecule has 0 saturated carbocycles. The van der Waals surface area contributed by atoms with Crippen LogP contribution in [0.3, 0.4) is 0 Å². The summed E-state index contributed by atoms with van der Waals surface area (Å²) in [5.74, 6) is 0.451. The average molecular weight is 318 g/mol. The molecule has 0 unspecified atom stereocenters. The minimum atomic E-state index is -0.0347. The van der Waals surface area contributed by atoms with Gasteiger partial charge in [0.25, 0.3) is 5.91 Å². The molecule has 0 aromatic carbocycles. The van der Waals surface area contributed by atoms with E-state index in [0.29, 0.717) is 13.1 Å². The number of anilines is 1. The van der Waals surface area contributed by atoms with Crippen molar-refractivity contribution >= 4 is 40.2 Å². The van der Waals surface area contributed by atoms with Gasteiger partial charge in [0.05, 0.1) is 17.2 Å². The number of carbonyl (C=O) groups is 2. The Morgan fingerprint density at radius 3 is 2.57 bits per heavy atom. The maximum atomic E-state index is 12.5. The quantitative estimate of drug-likeness (QED) is 0.854. The lowest BCUT2D eigenvalue weighted by atomic mass is 10.0. The minimum Gasteiger partial charge on any atom is -0.337 e. The third-order valence-corrected chi connectivity index (χ3v) is 5.67. The van der Waals surface area contributed by atoms with Crippen molar-refractivity contribution in [1.82, 2.24) is 4.90 Å². The van der Waals surface area contributed by atoms with Gasteiger partial charge in [-0.25, -0.2) is 0 Å². The predicted octanol–water partition coefficient (Wildman–Crippen LogP) is 2.54. The molecule has 2 saturated heterocycles. The number of nitrogens with zero attached hydrogens (tertiary/aromatic N) is 2. The van der Waals surface area contributed by atoms with Crippen LogP contribution in [0.5, 0.6) is 0 Å². The Morgan fingerprint density at radius 2 is 1.90 bits per heavy atom. The molecule has 2 atom stereocenters. The molecular formula is C15H14N2O2S2. The normalized spacial score (nSPS) is 24.7. The van der Waals surface area contributed by atoms with Gasteiger partial charge in [-0.2, -0.15) is 22.7 Å². The lowest BCUT2D eigenvalue weighted by molar-refractivity contribution is -0.120. The van der Waals surface area contributed by atoms with Crippen LogP contribution in [0.15, 0.2) is 33.7 Å². The fourth-order valence-electron chi connectivity index (χ4n) is 3.24. The molecule has 2 amide bonds. The van der Waals surface area contributed by atoms with Crippen LogP contribution >= 0.6 is 22.7 Å². The Bertz CT molecular complexity index is 666. The number of amides is 2. The summed E-state index contributed by atoms with van der Waals surface area (Å²) in [6.07, 6.45) is 0. The highest BCUT2D eigenvalue weighted by Gasteiger charge is 2.47. The molecule has 0 N–H and O–H groups in total. The van der Waals surface area contributed by atoms with Crippen LogP contribution in [0.1, 0.15) is 10.4 Å². The molecule has 2 fully saturated rings. The molecular weight excluding hydrogens is 304 g/mol. The van der Waals surface area contributed by atoms with E-state index >= 15 is 0 Å². The highest BCUT2D eigenvalue weighted by molar-refractivity contribution is 7.08.